The van der Waals surface area contributed by atoms with Gasteiger partial charge in [0, 0.05) is 17.5 Å². The van der Waals surface area contributed by atoms with Crippen LogP contribution in [0.15, 0.2) is 46.6 Å². The summed E-state index contributed by atoms with van der Waals surface area (Å²) in [4.78, 5) is 12.6. The number of hydrogen-bond donors (Lipinski definition) is 1. The van der Waals surface area contributed by atoms with Gasteiger partial charge in [0.15, 0.2) is 17.2 Å². The van der Waals surface area contributed by atoms with Crippen LogP contribution < -0.4 is 9.47 Å². The molecule has 152 valence electrons. The molecule has 1 heterocycles. The lowest BCUT2D eigenvalue weighted by Crippen LogP contribution is -2.00. The zero-order valence-electron chi connectivity index (χ0n) is 17.1. The first-order valence-corrected chi connectivity index (χ1v) is 9.58. The molecule has 29 heavy (non-hydrogen) atoms. The van der Waals surface area contributed by atoms with E-state index in [1.807, 2.05) is 39.0 Å². The second-order valence-electron chi connectivity index (χ2n) is 6.66. The first-order valence-electron chi connectivity index (χ1n) is 9.58. The van der Waals surface area contributed by atoms with Crippen LogP contribution in [0.3, 0.4) is 0 Å². The summed E-state index contributed by atoms with van der Waals surface area (Å²) in [5, 5.41) is 19.2. The number of methoxy groups -OCH3 is 1. The van der Waals surface area contributed by atoms with Crippen LogP contribution >= 0.6 is 0 Å². The van der Waals surface area contributed by atoms with Crippen LogP contribution in [-0.4, -0.2) is 29.3 Å². The molecular formula is C22H25N3O4. The van der Waals surface area contributed by atoms with Crippen LogP contribution in [0.1, 0.15) is 36.2 Å². The smallest absolute Gasteiger partial charge is 0.295 e. The molecule has 1 aromatic heterocycles. The highest BCUT2D eigenvalue weighted by Crippen LogP contribution is 2.39. The van der Waals surface area contributed by atoms with Gasteiger partial charge in [-0.25, -0.2) is 0 Å². The van der Waals surface area contributed by atoms with Crippen LogP contribution in [0.25, 0.3) is 10.9 Å². The molecule has 0 saturated carbocycles. The third kappa shape index (κ3) is 4.08. The normalized spacial score (nSPS) is 11.3. The lowest BCUT2D eigenvalue weighted by atomic mass is 10.1. The van der Waals surface area contributed by atoms with E-state index in [2.05, 4.69) is 10.2 Å². The van der Waals surface area contributed by atoms with E-state index < -0.39 is 5.91 Å². The maximum atomic E-state index is 12.6. The van der Waals surface area contributed by atoms with Gasteiger partial charge in [-0.15, -0.1) is 10.2 Å². The van der Waals surface area contributed by atoms with Gasteiger partial charge >= 0.3 is 0 Å². The van der Waals surface area contributed by atoms with E-state index in [0.717, 1.165) is 22.9 Å². The van der Waals surface area contributed by atoms with Crippen molar-refractivity contribution in [1.29, 1.82) is 0 Å². The monoisotopic (exact) mass is 395 g/mol. The molecule has 2 aromatic carbocycles. The fourth-order valence-electron chi connectivity index (χ4n) is 3.14. The summed E-state index contributed by atoms with van der Waals surface area (Å²) in [6, 6.07) is 10.7. The van der Waals surface area contributed by atoms with E-state index in [4.69, 9.17) is 9.47 Å². The summed E-state index contributed by atoms with van der Waals surface area (Å²) in [7, 11) is 1.52. The molecule has 7 nitrogen and oxygen atoms in total. The number of amides is 1. The summed E-state index contributed by atoms with van der Waals surface area (Å²) in [6.07, 6.45) is 0.867. The maximum Gasteiger partial charge on any atom is 0.295 e. The van der Waals surface area contributed by atoms with Crippen molar-refractivity contribution < 1.29 is 19.4 Å². The minimum atomic E-state index is -0.533. The maximum absolute atomic E-state index is 12.6. The van der Waals surface area contributed by atoms with E-state index in [1.54, 1.807) is 22.8 Å². The van der Waals surface area contributed by atoms with Gasteiger partial charge in [-0.1, -0.05) is 18.6 Å². The zero-order chi connectivity index (χ0) is 21.0. The molecular weight excluding hydrogens is 370 g/mol. The van der Waals surface area contributed by atoms with E-state index in [0.29, 0.717) is 30.2 Å². The van der Waals surface area contributed by atoms with Crippen LogP contribution in [-0.2, 0) is 6.54 Å². The Morgan fingerprint density at radius 2 is 1.93 bits per heavy atom. The highest BCUT2D eigenvalue weighted by molar-refractivity contribution is 5.98. The molecule has 0 aliphatic rings. The predicted octanol–water partition coefficient (Wildman–Crippen LogP) is 5.40. The molecule has 3 rings (SSSR count). The van der Waals surface area contributed by atoms with Gasteiger partial charge in [0.25, 0.3) is 5.91 Å². The van der Waals surface area contributed by atoms with Crippen molar-refractivity contribution in [1.82, 2.24) is 4.57 Å². The summed E-state index contributed by atoms with van der Waals surface area (Å²) >= 11 is 0. The first-order chi connectivity index (χ1) is 14.0. The fourth-order valence-corrected chi connectivity index (χ4v) is 3.14. The Hall–Kier alpha value is -3.35. The van der Waals surface area contributed by atoms with E-state index in [-0.39, 0.29) is 11.6 Å². The zero-order valence-corrected chi connectivity index (χ0v) is 17.1. The molecule has 0 saturated heterocycles. The number of aromatic nitrogens is 1. The van der Waals surface area contributed by atoms with E-state index in [1.165, 1.54) is 7.11 Å². The second kappa shape index (κ2) is 8.77. The summed E-state index contributed by atoms with van der Waals surface area (Å²) in [6.45, 7) is 7.03. The molecule has 0 spiro atoms. The van der Waals surface area contributed by atoms with Crippen molar-refractivity contribution in [3.8, 4) is 17.4 Å². The Kier molecular flexibility index (Phi) is 6.16. The van der Waals surface area contributed by atoms with Gasteiger partial charge in [0.2, 0.25) is 5.88 Å². The molecule has 0 bridgehead atoms. The van der Waals surface area contributed by atoms with Gasteiger partial charge < -0.3 is 19.1 Å². The quantitative estimate of drug-likeness (QED) is 0.543. The van der Waals surface area contributed by atoms with E-state index >= 15 is 0 Å². The molecule has 3 aromatic rings. The van der Waals surface area contributed by atoms with Crippen LogP contribution in [0.4, 0.5) is 5.69 Å². The lowest BCUT2D eigenvalue weighted by molar-refractivity contribution is 0.0994. The number of azo groups is 1. The number of aromatic hydroxyl groups is 1. The molecule has 1 N–H and O–H groups in total. The third-order valence-corrected chi connectivity index (χ3v) is 4.59. The van der Waals surface area contributed by atoms with Gasteiger partial charge in [-0.3, -0.25) is 4.79 Å². The third-order valence-electron chi connectivity index (χ3n) is 4.59. The molecule has 0 radical (unpaired) electrons. The number of benzene rings is 2. The van der Waals surface area contributed by atoms with Crippen LogP contribution in [0.2, 0.25) is 0 Å². The second-order valence-corrected chi connectivity index (χ2v) is 6.66. The average molecular weight is 395 g/mol. The topological polar surface area (TPSA) is 85.4 Å². The molecule has 7 heteroatoms. The van der Waals surface area contributed by atoms with Crippen LogP contribution in [0, 0.1) is 6.92 Å². The Morgan fingerprint density at radius 3 is 2.62 bits per heavy atom. The Bertz CT molecular complexity index is 1070. The molecule has 0 unspecified atom stereocenters. The Morgan fingerprint density at radius 1 is 1.14 bits per heavy atom. The lowest BCUT2D eigenvalue weighted by Gasteiger charge is -2.10. The molecule has 0 atom stereocenters. The minimum absolute atomic E-state index is 0.00876. The minimum Gasteiger partial charge on any atom is -0.493 e. The average Bonchev–Trinajstić information content (AvgIpc) is 2.99. The fraction of sp³-hybridized carbons (Fsp3) is 0.318. The van der Waals surface area contributed by atoms with Gasteiger partial charge in [0.1, 0.15) is 0 Å². The highest BCUT2D eigenvalue weighted by Gasteiger charge is 2.17. The highest BCUT2D eigenvalue weighted by atomic mass is 16.5. The number of ether oxygens (including phenoxy) is 2. The standard InChI is InChI=1S/C22H25N3O4/c1-5-11-29-18-10-8-15(13-19(18)28-4)21(26)24-23-20-16-12-14(3)7-9-17(16)25(6-2)22(20)27/h7-10,12-13,27H,5-6,11H2,1-4H3. The number of hydrogen-bond acceptors (Lipinski definition) is 5. The van der Waals surface area contributed by atoms with Gasteiger partial charge in [0.05, 0.1) is 19.2 Å². The van der Waals surface area contributed by atoms with Gasteiger partial charge in [-0.2, -0.15) is 0 Å². The van der Waals surface area contributed by atoms with Crippen LogP contribution in [0.5, 0.6) is 17.4 Å². The molecule has 0 aliphatic carbocycles. The van der Waals surface area contributed by atoms with Crippen molar-refractivity contribution in [3.05, 3.63) is 47.5 Å². The first kappa shape index (κ1) is 20.4. The number of carbonyl (C=O) groups is 1. The Balaban J connectivity index is 1.93. The van der Waals surface area contributed by atoms with Crippen molar-refractivity contribution >= 4 is 22.5 Å². The molecule has 0 aliphatic heterocycles. The number of carbonyl (C=O) groups excluding carboxylic acids is 1. The van der Waals surface area contributed by atoms with Crippen molar-refractivity contribution in [2.24, 2.45) is 10.2 Å². The number of fused-ring (bicyclic) bond motifs is 1. The number of rotatable bonds is 7. The summed E-state index contributed by atoms with van der Waals surface area (Å²) < 4.78 is 12.6. The molecule has 1 amide bonds. The number of aryl methyl sites for hydroxylation is 2. The SMILES string of the molecule is CCCOc1ccc(C(=O)N=Nc2c(O)n(CC)c3ccc(C)cc23)cc1OC. The Labute approximate surface area is 169 Å². The van der Waals surface area contributed by atoms with Gasteiger partial charge in [-0.05, 0) is 50.6 Å². The summed E-state index contributed by atoms with van der Waals surface area (Å²) in [5.41, 5.74) is 2.48. The van der Waals surface area contributed by atoms with Crippen molar-refractivity contribution in [3.63, 3.8) is 0 Å². The number of nitrogens with zero attached hydrogens (tertiary/aromatic N) is 3. The van der Waals surface area contributed by atoms with E-state index in [9.17, 15) is 9.90 Å². The van der Waals surface area contributed by atoms with Crippen molar-refractivity contribution in [2.45, 2.75) is 33.7 Å². The molecule has 0 fully saturated rings. The predicted molar refractivity (Wildman–Crippen MR) is 112 cm³/mol. The van der Waals surface area contributed by atoms with Crippen molar-refractivity contribution in [2.75, 3.05) is 13.7 Å². The largest absolute Gasteiger partial charge is 0.493 e. The summed E-state index contributed by atoms with van der Waals surface area (Å²) in [5.74, 6) is 0.489.